The summed E-state index contributed by atoms with van der Waals surface area (Å²) in [6.07, 6.45) is -3.48. The summed E-state index contributed by atoms with van der Waals surface area (Å²) >= 11 is 6.11. The zero-order valence-electron chi connectivity index (χ0n) is 16.5. The lowest BCUT2D eigenvalue weighted by Crippen LogP contribution is -2.10. The zero-order valence-corrected chi connectivity index (χ0v) is 13.3. The Balaban J connectivity index is 2.16. The van der Waals surface area contributed by atoms with Crippen LogP contribution < -0.4 is 0 Å². The molecule has 1 aromatic heterocycles. The van der Waals surface area contributed by atoms with Gasteiger partial charge in [0.05, 0.1) is 28.7 Å². The van der Waals surface area contributed by atoms with Crippen molar-refractivity contribution in [3.63, 3.8) is 0 Å². The number of halogens is 2. The van der Waals surface area contributed by atoms with Gasteiger partial charge in [0.2, 0.25) is 0 Å². The molecule has 25 heavy (non-hydrogen) atoms. The number of aliphatic hydroxyl groups is 2. The summed E-state index contributed by atoms with van der Waals surface area (Å²) in [7, 11) is 0. The number of rotatable bonds is 2. The van der Waals surface area contributed by atoms with Crippen molar-refractivity contribution in [3.05, 3.63) is 82.1 Å². The monoisotopic (exact) mass is 361 g/mol. The Morgan fingerprint density at radius 3 is 2.88 bits per heavy atom. The molecule has 1 aliphatic rings. The molecule has 126 valence electrons. The highest BCUT2D eigenvalue weighted by Gasteiger charge is 2.27. The molecule has 7 heteroatoms. The van der Waals surface area contributed by atoms with Gasteiger partial charge >= 0.3 is 0 Å². The molecule has 0 bridgehead atoms. The van der Waals surface area contributed by atoms with Gasteiger partial charge in [-0.2, -0.15) is 0 Å². The predicted molar refractivity (Wildman–Crippen MR) is 91.5 cm³/mol. The van der Waals surface area contributed by atoms with E-state index < -0.39 is 36.3 Å². The second-order valence-corrected chi connectivity index (χ2v) is 5.70. The number of hydrogen-bond donors (Lipinski definition) is 2. The maximum atomic E-state index is 14.5. The van der Waals surface area contributed by atoms with E-state index in [4.69, 9.17) is 17.1 Å². The van der Waals surface area contributed by atoms with Gasteiger partial charge in [-0.1, -0.05) is 23.7 Å². The van der Waals surface area contributed by atoms with Crippen LogP contribution >= 0.6 is 11.6 Å². The minimum Gasteiger partial charge on any atom is -0.388 e. The molecule has 1 unspecified atom stereocenters. The minimum absolute atomic E-state index is 0.0273. The molecule has 0 saturated heterocycles. The molecule has 0 fully saturated rings. The highest BCUT2D eigenvalue weighted by Crippen LogP contribution is 2.32. The molecule has 0 spiro atoms. The summed E-state index contributed by atoms with van der Waals surface area (Å²) < 4.78 is 47.1. The standard InChI is InChI=1S/C18H13ClFN3O2/c19-10-5-6-14-12(7-10)17(11-3-1-2-4-13(11)20)22-18(25)15-8-21-16(9-24)23(14)15/h1-8,18,24-25H,9H2/i8D,9D2,18D. The van der Waals surface area contributed by atoms with E-state index in [1.807, 2.05) is 0 Å². The Labute approximate surface area is 153 Å². The van der Waals surface area contributed by atoms with E-state index in [0.717, 1.165) is 4.57 Å². The third-order valence-corrected chi connectivity index (χ3v) is 4.05. The average molecular weight is 362 g/mol. The van der Waals surface area contributed by atoms with E-state index in [1.54, 1.807) is 6.07 Å². The summed E-state index contributed by atoms with van der Waals surface area (Å²) in [5.41, 5.74) is -0.366. The van der Waals surface area contributed by atoms with Gasteiger partial charge in [-0.15, -0.1) is 0 Å². The Morgan fingerprint density at radius 1 is 1.32 bits per heavy atom. The molecule has 4 rings (SSSR count). The number of aliphatic imine (C=N–C) groups is 1. The van der Waals surface area contributed by atoms with Gasteiger partial charge < -0.3 is 10.2 Å². The molecule has 2 aromatic carbocycles. The maximum Gasteiger partial charge on any atom is 0.189 e. The van der Waals surface area contributed by atoms with Crippen LogP contribution in [0.3, 0.4) is 0 Å². The summed E-state index contributed by atoms with van der Waals surface area (Å²) in [6.45, 7) is -3.00. The molecule has 0 radical (unpaired) electrons. The quantitative estimate of drug-likeness (QED) is 0.737. The fourth-order valence-corrected chi connectivity index (χ4v) is 2.91. The molecule has 2 N–H and O–H groups in total. The van der Waals surface area contributed by atoms with Crippen LogP contribution in [0.5, 0.6) is 0 Å². The first-order valence-electron chi connectivity index (χ1n) is 9.21. The Kier molecular flexibility index (Phi) is 2.90. The van der Waals surface area contributed by atoms with Crippen molar-refractivity contribution >= 4 is 17.3 Å². The number of nitrogens with zero attached hydrogens (tertiary/aromatic N) is 3. The third kappa shape index (κ3) is 2.55. The number of imidazole rings is 1. The van der Waals surface area contributed by atoms with E-state index in [2.05, 4.69) is 9.98 Å². The Morgan fingerprint density at radius 2 is 2.12 bits per heavy atom. The molecule has 2 heterocycles. The van der Waals surface area contributed by atoms with E-state index in [-0.39, 0.29) is 27.5 Å². The van der Waals surface area contributed by atoms with Gasteiger partial charge in [0.25, 0.3) is 0 Å². The second kappa shape index (κ2) is 6.07. The lowest BCUT2D eigenvalue weighted by Gasteiger charge is -2.14. The SMILES string of the molecule is [2H]c1nc(C([2H])([2H])O)n2c1C([2H])(O)N=C(c1ccccc1F)c1cc(Cl)ccc1-2. The fraction of sp³-hybridized carbons (Fsp3) is 0.111. The summed E-state index contributed by atoms with van der Waals surface area (Å²) in [6, 6.07) is 9.90. The van der Waals surface area contributed by atoms with Gasteiger partial charge in [0.15, 0.2) is 6.20 Å². The van der Waals surface area contributed by atoms with Crippen LogP contribution in [0.1, 0.15) is 34.3 Å². The van der Waals surface area contributed by atoms with E-state index >= 15 is 0 Å². The predicted octanol–water partition coefficient (Wildman–Crippen LogP) is 3.00. The first kappa shape index (κ1) is 11.9. The first-order valence-corrected chi connectivity index (χ1v) is 7.58. The second-order valence-electron chi connectivity index (χ2n) is 5.27. The van der Waals surface area contributed by atoms with Crippen LogP contribution in [0.4, 0.5) is 4.39 Å². The van der Waals surface area contributed by atoms with Crippen LogP contribution in [-0.2, 0) is 6.56 Å². The topological polar surface area (TPSA) is 70.6 Å². The van der Waals surface area contributed by atoms with Crippen molar-refractivity contribution in [2.45, 2.75) is 12.8 Å². The van der Waals surface area contributed by atoms with Gasteiger partial charge in [-0.3, -0.25) is 4.57 Å². The van der Waals surface area contributed by atoms with Crippen LogP contribution in [0, 0.1) is 5.82 Å². The van der Waals surface area contributed by atoms with E-state index in [9.17, 15) is 14.6 Å². The summed E-state index contributed by atoms with van der Waals surface area (Å²) in [5, 5.41) is 20.9. The summed E-state index contributed by atoms with van der Waals surface area (Å²) in [4.78, 5) is 7.66. The minimum atomic E-state index is -3.00. The molecule has 0 aliphatic carbocycles. The van der Waals surface area contributed by atoms with Gasteiger partial charge in [0, 0.05) is 16.1 Å². The first-order chi connectivity index (χ1) is 13.5. The van der Waals surface area contributed by atoms with Crippen molar-refractivity contribution in [3.8, 4) is 5.69 Å². The normalized spacial score (nSPS) is 21.8. The molecule has 0 saturated carbocycles. The van der Waals surface area contributed by atoms with Gasteiger partial charge in [-0.05, 0) is 30.3 Å². The van der Waals surface area contributed by atoms with Crippen LogP contribution in [-0.4, -0.2) is 25.5 Å². The molecular weight excluding hydrogens is 345 g/mol. The van der Waals surface area contributed by atoms with Crippen molar-refractivity contribution in [2.24, 2.45) is 4.99 Å². The number of aromatic nitrogens is 2. The number of fused-ring (bicyclic) bond motifs is 3. The lowest BCUT2D eigenvalue weighted by molar-refractivity contribution is 0.181. The highest BCUT2D eigenvalue weighted by atomic mass is 35.5. The zero-order chi connectivity index (χ0) is 21.1. The average Bonchev–Trinajstić information content (AvgIpc) is 2.94. The van der Waals surface area contributed by atoms with Crippen LogP contribution in [0.25, 0.3) is 5.69 Å². The fourth-order valence-electron chi connectivity index (χ4n) is 2.74. The maximum absolute atomic E-state index is 14.5. The van der Waals surface area contributed by atoms with Crippen molar-refractivity contribution < 1.29 is 20.1 Å². The van der Waals surface area contributed by atoms with Gasteiger partial charge in [-0.25, -0.2) is 14.4 Å². The van der Waals surface area contributed by atoms with Crippen molar-refractivity contribution in [1.82, 2.24) is 9.55 Å². The molecule has 3 aromatic rings. The molecule has 0 amide bonds. The van der Waals surface area contributed by atoms with Crippen LogP contribution in [0.15, 0.2) is 53.6 Å². The Bertz CT molecular complexity index is 1170. The Hall–Kier alpha value is -2.54. The lowest BCUT2D eigenvalue weighted by atomic mass is 10.00. The van der Waals surface area contributed by atoms with E-state index in [1.165, 1.54) is 36.4 Å². The van der Waals surface area contributed by atoms with E-state index in [0.29, 0.717) is 0 Å². The summed E-state index contributed by atoms with van der Waals surface area (Å²) in [5.74, 6) is -1.29. The number of hydrogen-bond acceptors (Lipinski definition) is 4. The number of benzene rings is 2. The molecule has 1 atom stereocenters. The highest BCUT2D eigenvalue weighted by molar-refractivity contribution is 6.31. The molecular formula is C18H13ClFN3O2. The van der Waals surface area contributed by atoms with Crippen molar-refractivity contribution in [1.29, 1.82) is 0 Å². The third-order valence-electron chi connectivity index (χ3n) is 3.82. The largest absolute Gasteiger partial charge is 0.388 e. The van der Waals surface area contributed by atoms with Crippen LogP contribution in [0.2, 0.25) is 5.02 Å². The van der Waals surface area contributed by atoms with Gasteiger partial charge in [0.1, 0.15) is 18.2 Å². The molecule has 1 aliphatic heterocycles. The smallest absolute Gasteiger partial charge is 0.189 e. The molecule has 5 nitrogen and oxygen atoms in total. The van der Waals surface area contributed by atoms with Crippen molar-refractivity contribution in [2.75, 3.05) is 0 Å².